The Labute approximate surface area is 144 Å². The summed E-state index contributed by atoms with van der Waals surface area (Å²) in [4.78, 5) is 19.3. The lowest BCUT2D eigenvalue weighted by Gasteiger charge is -2.08. The fourth-order valence-corrected chi connectivity index (χ4v) is 3.04. The van der Waals surface area contributed by atoms with Crippen molar-refractivity contribution in [2.45, 2.75) is 12.1 Å². The minimum Gasteiger partial charge on any atom is -0.497 e. The van der Waals surface area contributed by atoms with Gasteiger partial charge in [0, 0.05) is 11.8 Å². The van der Waals surface area contributed by atoms with Gasteiger partial charge in [0.25, 0.3) is 0 Å². The molecule has 3 rings (SSSR count). The number of aromatic amines is 1. The Morgan fingerprint density at radius 3 is 2.88 bits per heavy atom. The van der Waals surface area contributed by atoms with Crippen LogP contribution in [0.15, 0.2) is 47.6 Å². The van der Waals surface area contributed by atoms with E-state index in [1.807, 2.05) is 36.4 Å². The van der Waals surface area contributed by atoms with Crippen LogP contribution in [-0.4, -0.2) is 35.2 Å². The summed E-state index contributed by atoms with van der Waals surface area (Å²) in [5.41, 5.74) is 2.46. The SMILES string of the molecule is COc1ccc2nc(SCCOc3ccccc3C(C)=O)[nH]c2c1. The molecule has 0 saturated heterocycles. The molecule has 0 aliphatic rings. The van der Waals surface area contributed by atoms with Crippen LogP contribution in [0.1, 0.15) is 17.3 Å². The normalized spacial score (nSPS) is 10.8. The molecular weight excluding hydrogens is 324 g/mol. The Balaban J connectivity index is 1.58. The summed E-state index contributed by atoms with van der Waals surface area (Å²) in [7, 11) is 1.64. The predicted octanol–water partition coefficient (Wildman–Crippen LogP) is 3.95. The number of nitrogens with zero attached hydrogens (tertiary/aromatic N) is 1. The van der Waals surface area contributed by atoms with E-state index < -0.39 is 0 Å². The first-order valence-corrected chi connectivity index (χ1v) is 8.55. The van der Waals surface area contributed by atoms with Gasteiger partial charge in [0.1, 0.15) is 11.5 Å². The number of para-hydroxylation sites is 1. The van der Waals surface area contributed by atoms with Gasteiger partial charge in [0.15, 0.2) is 10.9 Å². The van der Waals surface area contributed by atoms with Gasteiger partial charge in [-0.15, -0.1) is 0 Å². The molecule has 0 radical (unpaired) electrons. The lowest BCUT2D eigenvalue weighted by Crippen LogP contribution is -2.04. The molecule has 1 N–H and O–H groups in total. The summed E-state index contributed by atoms with van der Waals surface area (Å²) in [5.74, 6) is 2.15. The van der Waals surface area contributed by atoms with Gasteiger partial charge < -0.3 is 14.5 Å². The van der Waals surface area contributed by atoms with Crippen LogP contribution in [0.2, 0.25) is 0 Å². The summed E-state index contributed by atoms with van der Waals surface area (Å²) in [5, 5.41) is 0.835. The number of benzene rings is 2. The smallest absolute Gasteiger partial charge is 0.166 e. The van der Waals surface area contributed by atoms with Crippen LogP contribution in [0, 0.1) is 0 Å². The van der Waals surface area contributed by atoms with Crippen molar-refractivity contribution in [2.75, 3.05) is 19.5 Å². The molecule has 2 aromatic carbocycles. The number of rotatable bonds is 7. The predicted molar refractivity (Wildman–Crippen MR) is 95.3 cm³/mol. The van der Waals surface area contributed by atoms with Gasteiger partial charge in [0.05, 0.1) is 30.3 Å². The molecule has 0 aliphatic carbocycles. The molecule has 0 fully saturated rings. The highest BCUT2D eigenvalue weighted by atomic mass is 32.2. The van der Waals surface area contributed by atoms with Crippen LogP contribution in [-0.2, 0) is 0 Å². The van der Waals surface area contributed by atoms with Crippen molar-refractivity contribution in [3.63, 3.8) is 0 Å². The molecule has 0 amide bonds. The number of carbonyl (C=O) groups is 1. The number of nitrogens with one attached hydrogen (secondary N) is 1. The number of H-pyrrole nitrogens is 1. The number of hydrogen-bond acceptors (Lipinski definition) is 5. The van der Waals surface area contributed by atoms with Crippen molar-refractivity contribution in [1.82, 2.24) is 9.97 Å². The lowest BCUT2D eigenvalue weighted by molar-refractivity contribution is 0.101. The van der Waals surface area contributed by atoms with E-state index in [2.05, 4.69) is 9.97 Å². The van der Waals surface area contributed by atoms with Gasteiger partial charge >= 0.3 is 0 Å². The maximum atomic E-state index is 11.6. The molecule has 0 spiro atoms. The van der Waals surface area contributed by atoms with Crippen molar-refractivity contribution >= 4 is 28.6 Å². The number of Topliss-reactive ketones (excluding diaryl/α,β-unsaturated/α-hetero) is 1. The molecule has 1 heterocycles. The van der Waals surface area contributed by atoms with Gasteiger partial charge in [-0.1, -0.05) is 23.9 Å². The summed E-state index contributed by atoms with van der Waals surface area (Å²) >= 11 is 1.58. The van der Waals surface area contributed by atoms with Crippen molar-refractivity contribution in [2.24, 2.45) is 0 Å². The van der Waals surface area contributed by atoms with E-state index in [4.69, 9.17) is 9.47 Å². The van der Waals surface area contributed by atoms with Crippen LogP contribution in [0.5, 0.6) is 11.5 Å². The Morgan fingerprint density at radius 2 is 2.08 bits per heavy atom. The van der Waals surface area contributed by atoms with Crippen LogP contribution >= 0.6 is 11.8 Å². The van der Waals surface area contributed by atoms with Gasteiger partial charge in [-0.3, -0.25) is 4.79 Å². The fraction of sp³-hybridized carbons (Fsp3) is 0.222. The molecule has 0 aliphatic heterocycles. The van der Waals surface area contributed by atoms with Gasteiger partial charge in [0.2, 0.25) is 0 Å². The number of ether oxygens (including phenoxy) is 2. The number of carbonyl (C=O) groups excluding carboxylic acids is 1. The average Bonchev–Trinajstić information content (AvgIpc) is 3.00. The standard InChI is InChI=1S/C18H18N2O3S/c1-12(21)14-5-3-4-6-17(14)23-9-10-24-18-19-15-8-7-13(22-2)11-16(15)20-18/h3-8,11H,9-10H2,1-2H3,(H,19,20). The molecule has 0 atom stereocenters. The first-order valence-electron chi connectivity index (χ1n) is 7.56. The van der Waals surface area contributed by atoms with E-state index >= 15 is 0 Å². The zero-order valence-corrected chi connectivity index (χ0v) is 14.4. The number of fused-ring (bicyclic) bond motifs is 1. The zero-order valence-electron chi connectivity index (χ0n) is 13.5. The van der Waals surface area contributed by atoms with E-state index in [1.54, 1.807) is 31.9 Å². The molecule has 0 unspecified atom stereocenters. The second-order valence-electron chi connectivity index (χ2n) is 5.17. The maximum absolute atomic E-state index is 11.6. The topological polar surface area (TPSA) is 64.2 Å². The molecule has 24 heavy (non-hydrogen) atoms. The van der Waals surface area contributed by atoms with Crippen molar-refractivity contribution in [3.05, 3.63) is 48.0 Å². The maximum Gasteiger partial charge on any atom is 0.166 e. The van der Waals surface area contributed by atoms with Gasteiger partial charge in [-0.05, 0) is 31.2 Å². The Hall–Kier alpha value is -2.47. The number of ketones is 1. The van der Waals surface area contributed by atoms with Gasteiger partial charge in [-0.2, -0.15) is 0 Å². The number of methoxy groups -OCH3 is 1. The zero-order chi connectivity index (χ0) is 16.9. The van der Waals surface area contributed by atoms with Crippen LogP contribution < -0.4 is 9.47 Å². The highest BCUT2D eigenvalue weighted by Gasteiger charge is 2.08. The molecule has 1 aromatic heterocycles. The molecule has 0 bridgehead atoms. The second kappa shape index (κ2) is 7.40. The molecule has 0 saturated carbocycles. The minimum absolute atomic E-state index is 0.00415. The van der Waals surface area contributed by atoms with Crippen LogP contribution in [0.3, 0.4) is 0 Å². The third-order valence-electron chi connectivity index (χ3n) is 3.51. The quantitative estimate of drug-likeness (QED) is 0.400. The first-order chi connectivity index (χ1) is 11.7. The third-order valence-corrected chi connectivity index (χ3v) is 4.35. The number of imidazole rings is 1. The fourth-order valence-electron chi connectivity index (χ4n) is 2.33. The van der Waals surface area contributed by atoms with Crippen LogP contribution in [0.4, 0.5) is 0 Å². The molecule has 6 heteroatoms. The number of hydrogen-bond donors (Lipinski definition) is 1. The lowest BCUT2D eigenvalue weighted by atomic mass is 10.1. The summed E-state index contributed by atoms with van der Waals surface area (Å²) in [6.07, 6.45) is 0. The summed E-state index contributed by atoms with van der Waals surface area (Å²) in [6.45, 7) is 2.04. The van der Waals surface area contributed by atoms with E-state index in [0.29, 0.717) is 17.9 Å². The Kier molecular flexibility index (Phi) is 5.05. The summed E-state index contributed by atoms with van der Waals surface area (Å²) < 4.78 is 10.9. The highest BCUT2D eigenvalue weighted by molar-refractivity contribution is 7.99. The number of thioether (sulfide) groups is 1. The van der Waals surface area contributed by atoms with E-state index in [1.165, 1.54) is 0 Å². The monoisotopic (exact) mass is 342 g/mol. The molecule has 124 valence electrons. The minimum atomic E-state index is 0.00415. The van der Waals surface area contributed by atoms with Crippen molar-refractivity contribution < 1.29 is 14.3 Å². The van der Waals surface area contributed by atoms with Crippen molar-refractivity contribution in [1.29, 1.82) is 0 Å². The highest BCUT2D eigenvalue weighted by Crippen LogP contribution is 2.24. The Morgan fingerprint density at radius 1 is 1.25 bits per heavy atom. The Bertz CT molecular complexity index is 860. The van der Waals surface area contributed by atoms with E-state index in [-0.39, 0.29) is 5.78 Å². The van der Waals surface area contributed by atoms with Crippen LogP contribution in [0.25, 0.3) is 11.0 Å². The number of aromatic nitrogens is 2. The molecule has 3 aromatic rings. The first kappa shape index (κ1) is 16.4. The third kappa shape index (κ3) is 3.71. The average molecular weight is 342 g/mol. The summed E-state index contributed by atoms with van der Waals surface area (Å²) in [6, 6.07) is 13.0. The second-order valence-corrected chi connectivity index (χ2v) is 6.26. The van der Waals surface area contributed by atoms with E-state index in [0.717, 1.165) is 27.7 Å². The molecule has 5 nitrogen and oxygen atoms in total. The van der Waals surface area contributed by atoms with E-state index in [9.17, 15) is 4.79 Å². The molecular formula is C18H18N2O3S. The van der Waals surface area contributed by atoms with Gasteiger partial charge in [-0.25, -0.2) is 4.98 Å². The van der Waals surface area contributed by atoms with Crippen molar-refractivity contribution in [3.8, 4) is 11.5 Å². The largest absolute Gasteiger partial charge is 0.497 e.